The molecule has 0 bridgehead atoms. The molecule has 0 atom stereocenters. The molecular weight excluding hydrogens is 310 g/mol. The molecule has 0 radical (unpaired) electrons. The van der Waals surface area contributed by atoms with Crippen molar-refractivity contribution in [3.05, 3.63) is 72.1 Å². The van der Waals surface area contributed by atoms with Crippen LogP contribution in [0.3, 0.4) is 0 Å². The Balaban J connectivity index is 2.13. The first kappa shape index (κ1) is 18.8. The lowest BCUT2D eigenvalue weighted by atomic mass is 10.1. The topological polar surface area (TPSA) is 37.3 Å². The SMILES string of the molecule is C=CCN(Cc1cccn1Cc1cccc(C)c1)C(=O)NC(C)(C)C. The Labute approximate surface area is 151 Å². The van der Waals surface area contributed by atoms with E-state index in [2.05, 4.69) is 59.9 Å². The fourth-order valence-corrected chi connectivity index (χ4v) is 2.72. The molecule has 2 rings (SSSR count). The first-order valence-electron chi connectivity index (χ1n) is 8.66. The first-order chi connectivity index (χ1) is 11.8. The third-order valence-electron chi connectivity index (χ3n) is 3.83. The molecule has 0 aliphatic carbocycles. The highest BCUT2D eigenvalue weighted by atomic mass is 16.2. The third-order valence-corrected chi connectivity index (χ3v) is 3.83. The van der Waals surface area contributed by atoms with Gasteiger partial charge in [0, 0.05) is 30.5 Å². The lowest BCUT2D eigenvalue weighted by Crippen LogP contribution is -2.48. The number of nitrogens with zero attached hydrogens (tertiary/aromatic N) is 2. The molecule has 0 aliphatic heterocycles. The van der Waals surface area contributed by atoms with Gasteiger partial charge in [0.1, 0.15) is 0 Å². The van der Waals surface area contributed by atoms with Crippen molar-refractivity contribution in [3.63, 3.8) is 0 Å². The molecule has 134 valence electrons. The van der Waals surface area contributed by atoms with Crippen LogP contribution in [0.25, 0.3) is 0 Å². The smallest absolute Gasteiger partial charge is 0.318 e. The molecule has 0 aliphatic rings. The van der Waals surface area contributed by atoms with E-state index in [-0.39, 0.29) is 11.6 Å². The molecule has 2 aromatic rings. The van der Waals surface area contributed by atoms with E-state index in [1.165, 1.54) is 11.1 Å². The second-order valence-corrected chi connectivity index (χ2v) is 7.47. The number of amides is 2. The standard InChI is InChI=1S/C21H29N3O/c1-6-12-24(20(25)22-21(3,4)5)16-19-11-8-13-23(19)15-18-10-7-9-17(2)14-18/h6-11,13-14H,1,12,15-16H2,2-5H3,(H,22,25). The fraction of sp³-hybridized carbons (Fsp3) is 0.381. The minimum Gasteiger partial charge on any atom is -0.345 e. The molecule has 4 heteroatoms. The van der Waals surface area contributed by atoms with Crippen LogP contribution in [0.2, 0.25) is 0 Å². The van der Waals surface area contributed by atoms with Crippen molar-refractivity contribution in [1.82, 2.24) is 14.8 Å². The van der Waals surface area contributed by atoms with Crippen LogP contribution in [0.15, 0.2) is 55.3 Å². The zero-order valence-corrected chi connectivity index (χ0v) is 15.7. The number of rotatable bonds is 6. The number of carbonyl (C=O) groups excluding carboxylic acids is 1. The maximum atomic E-state index is 12.5. The quantitative estimate of drug-likeness (QED) is 0.781. The van der Waals surface area contributed by atoms with E-state index in [4.69, 9.17) is 0 Å². The monoisotopic (exact) mass is 339 g/mol. The van der Waals surface area contributed by atoms with E-state index >= 15 is 0 Å². The normalized spacial score (nSPS) is 11.2. The Kier molecular flexibility index (Phi) is 6.07. The van der Waals surface area contributed by atoms with E-state index in [0.717, 1.165) is 12.2 Å². The summed E-state index contributed by atoms with van der Waals surface area (Å²) in [6.07, 6.45) is 3.82. The predicted octanol–water partition coefficient (Wildman–Crippen LogP) is 4.34. The van der Waals surface area contributed by atoms with E-state index in [1.54, 1.807) is 11.0 Å². The average molecular weight is 339 g/mol. The van der Waals surface area contributed by atoms with Gasteiger partial charge < -0.3 is 14.8 Å². The Bertz CT molecular complexity index is 725. The van der Waals surface area contributed by atoms with Gasteiger partial charge in [0.05, 0.1) is 6.54 Å². The van der Waals surface area contributed by atoms with Crippen molar-refractivity contribution >= 4 is 6.03 Å². The number of urea groups is 1. The van der Waals surface area contributed by atoms with Gasteiger partial charge in [0.25, 0.3) is 0 Å². The van der Waals surface area contributed by atoms with Gasteiger partial charge in [-0.1, -0.05) is 35.9 Å². The molecule has 1 N–H and O–H groups in total. The minimum absolute atomic E-state index is 0.0734. The van der Waals surface area contributed by atoms with E-state index in [1.807, 2.05) is 26.8 Å². The summed E-state index contributed by atoms with van der Waals surface area (Å²) in [6.45, 7) is 13.7. The van der Waals surface area contributed by atoms with Crippen molar-refractivity contribution < 1.29 is 4.79 Å². The van der Waals surface area contributed by atoms with Gasteiger partial charge in [-0.25, -0.2) is 4.79 Å². The lowest BCUT2D eigenvalue weighted by Gasteiger charge is -2.28. The maximum absolute atomic E-state index is 12.5. The van der Waals surface area contributed by atoms with E-state index in [9.17, 15) is 4.79 Å². The molecule has 0 saturated carbocycles. The predicted molar refractivity (Wildman–Crippen MR) is 104 cm³/mol. The molecule has 0 spiro atoms. The van der Waals surface area contributed by atoms with Gasteiger partial charge in [0.2, 0.25) is 0 Å². The number of carbonyl (C=O) groups is 1. The molecule has 2 amide bonds. The summed E-state index contributed by atoms with van der Waals surface area (Å²) in [5, 5.41) is 3.02. The summed E-state index contributed by atoms with van der Waals surface area (Å²) in [4.78, 5) is 14.3. The summed E-state index contributed by atoms with van der Waals surface area (Å²) in [5.74, 6) is 0. The number of nitrogens with one attached hydrogen (secondary N) is 1. The van der Waals surface area contributed by atoms with Crippen molar-refractivity contribution in [2.45, 2.75) is 46.3 Å². The number of aryl methyl sites for hydroxylation is 1. The maximum Gasteiger partial charge on any atom is 0.318 e. The van der Waals surface area contributed by atoms with Crippen LogP contribution in [-0.2, 0) is 13.1 Å². The number of hydrogen-bond donors (Lipinski definition) is 1. The molecule has 1 aromatic carbocycles. The van der Waals surface area contributed by atoms with Crippen LogP contribution in [0.1, 0.15) is 37.6 Å². The van der Waals surface area contributed by atoms with Gasteiger partial charge >= 0.3 is 6.03 Å². The number of aromatic nitrogens is 1. The minimum atomic E-state index is -0.264. The Hall–Kier alpha value is -2.49. The van der Waals surface area contributed by atoms with Crippen molar-refractivity contribution in [1.29, 1.82) is 0 Å². The molecule has 4 nitrogen and oxygen atoms in total. The van der Waals surface area contributed by atoms with Crippen LogP contribution in [0, 0.1) is 6.92 Å². The zero-order chi connectivity index (χ0) is 18.4. The molecule has 0 saturated heterocycles. The highest BCUT2D eigenvalue weighted by Crippen LogP contribution is 2.13. The van der Waals surface area contributed by atoms with Crippen LogP contribution < -0.4 is 5.32 Å². The lowest BCUT2D eigenvalue weighted by molar-refractivity contribution is 0.190. The van der Waals surface area contributed by atoms with Gasteiger partial charge in [0.15, 0.2) is 0 Å². The molecule has 0 unspecified atom stereocenters. The van der Waals surface area contributed by atoms with Crippen molar-refractivity contribution in [2.24, 2.45) is 0 Å². The summed E-state index contributed by atoms with van der Waals surface area (Å²) in [6, 6.07) is 12.5. The highest BCUT2D eigenvalue weighted by Gasteiger charge is 2.20. The summed E-state index contributed by atoms with van der Waals surface area (Å²) >= 11 is 0. The van der Waals surface area contributed by atoms with Gasteiger partial charge in [-0.3, -0.25) is 0 Å². The van der Waals surface area contributed by atoms with Crippen LogP contribution >= 0.6 is 0 Å². The molecule has 25 heavy (non-hydrogen) atoms. The third kappa shape index (κ3) is 5.82. The van der Waals surface area contributed by atoms with Crippen LogP contribution in [0.4, 0.5) is 4.79 Å². The fourth-order valence-electron chi connectivity index (χ4n) is 2.72. The van der Waals surface area contributed by atoms with Gasteiger partial charge in [-0.2, -0.15) is 0 Å². The number of hydrogen-bond acceptors (Lipinski definition) is 1. The zero-order valence-electron chi connectivity index (χ0n) is 15.7. The Morgan fingerprint density at radius 2 is 2.04 bits per heavy atom. The van der Waals surface area contributed by atoms with Gasteiger partial charge in [-0.15, -0.1) is 6.58 Å². The van der Waals surface area contributed by atoms with Gasteiger partial charge in [-0.05, 0) is 45.4 Å². The van der Waals surface area contributed by atoms with E-state index < -0.39 is 0 Å². The summed E-state index contributed by atoms with van der Waals surface area (Å²) in [7, 11) is 0. The first-order valence-corrected chi connectivity index (χ1v) is 8.66. The second kappa shape index (κ2) is 8.06. The molecule has 1 heterocycles. The Morgan fingerprint density at radius 1 is 1.28 bits per heavy atom. The molecular formula is C21H29N3O. The number of benzene rings is 1. The van der Waals surface area contributed by atoms with Crippen LogP contribution in [-0.4, -0.2) is 27.6 Å². The average Bonchev–Trinajstić information content (AvgIpc) is 2.92. The van der Waals surface area contributed by atoms with E-state index in [0.29, 0.717) is 13.1 Å². The summed E-state index contributed by atoms with van der Waals surface area (Å²) in [5.41, 5.74) is 3.35. The Morgan fingerprint density at radius 3 is 2.68 bits per heavy atom. The van der Waals surface area contributed by atoms with Crippen molar-refractivity contribution in [3.8, 4) is 0 Å². The largest absolute Gasteiger partial charge is 0.345 e. The van der Waals surface area contributed by atoms with Crippen LogP contribution in [0.5, 0.6) is 0 Å². The molecule has 0 fully saturated rings. The second-order valence-electron chi connectivity index (χ2n) is 7.47. The molecule has 1 aromatic heterocycles. The summed E-state index contributed by atoms with van der Waals surface area (Å²) < 4.78 is 2.19. The van der Waals surface area contributed by atoms with Crippen molar-refractivity contribution in [2.75, 3.05) is 6.54 Å². The highest BCUT2D eigenvalue weighted by molar-refractivity contribution is 5.75.